The Morgan fingerprint density at radius 3 is 1.29 bits per heavy atom. The molecule has 6 heteroatoms. The van der Waals surface area contributed by atoms with Gasteiger partial charge in [-0.05, 0) is 81.7 Å². The average molecular weight is 669 g/mol. The fraction of sp³-hybridized carbons (Fsp3) is 0.188. The molecular weight excluding hydrogens is 639 g/mol. The van der Waals surface area contributed by atoms with E-state index in [9.17, 15) is 0 Å². The summed E-state index contributed by atoms with van der Waals surface area (Å²) in [7, 11) is 7.90. The van der Waals surface area contributed by atoms with Crippen LogP contribution in [0.3, 0.4) is 0 Å². The molecule has 38 heavy (non-hydrogen) atoms. The molecule has 2 aliphatic heterocycles. The number of benzene rings is 2. The van der Waals surface area contributed by atoms with Crippen molar-refractivity contribution in [3.05, 3.63) is 140 Å². The molecule has 0 unspecified atom stereocenters. The number of allylic oxidation sites excluding steroid dienone is 4. The first-order valence-corrected chi connectivity index (χ1v) is 23.6. The Kier molecular flexibility index (Phi) is 9.61. The molecule has 0 aromatic heterocycles. The van der Waals surface area contributed by atoms with Crippen LogP contribution in [0.4, 0.5) is 0 Å². The fourth-order valence-corrected chi connectivity index (χ4v) is 14.3. The van der Waals surface area contributed by atoms with Crippen molar-refractivity contribution in [2.24, 2.45) is 0 Å². The van der Waals surface area contributed by atoms with Crippen molar-refractivity contribution in [3.8, 4) is 0 Å². The zero-order chi connectivity index (χ0) is 27.2. The van der Waals surface area contributed by atoms with Crippen LogP contribution in [0.25, 0.3) is 11.1 Å². The van der Waals surface area contributed by atoms with Crippen LogP contribution in [-0.4, -0.2) is 8.07 Å². The summed E-state index contributed by atoms with van der Waals surface area (Å²) in [6.07, 6.45) is 4.94. The predicted octanol–water partition coefficient (Wildman–Crippen LogP) is 10.5. The summed E-state index contributed by atoms with van der Waals surface area (Å²) in [6, 6.07) is 21.8. The second-order valence-electron chi connectivity index (χ2n) is 10.4. The molecule has 2 fully saturated rings. The number of thioether (sulfide) groups is 2. The first-order chi connectivity index (χ1) is 18.2. The van der Waals surface area contributed by atoms with Gasteiger partial charge in [-0.15, -0.1) is 23.5 Å². The Hall–Kier alpha value is 0.300. The van der Waals surface area contributed by atoms with E-state index in [0.717, 1.165) is 0 Å². The van der Waals surface area contributed by atoms with E-state index >= 15 is 0 Å². The van der Waals surface area contributed by atoms with E-state index in [4.69, 9.17) is 17.0 Å². The summed E-state index contributed by atoms with van der Waals surface area (Å²) in [5.41, 5.74) is 8.78. The molecule has 190 valence electrons. The van der Waals surface area contributed by atoms with E-state index in [1.807, 2.05) is 23.5 Å². The van der Waals surface area contributed by atoms with Gasteiger partial charge in [0.2, 0.25) is 0 Å². The van der Waals surface area contributed by atoms with Crippen LogP contribution in [0, 0.1) is 58.1 Å². The maximum atomic E-state index is 4.93. The molecule has 2 aliphatic carbocycles. The van der Waals surface area contributed by atoms with Crippen molar-refractivity contribution in [2.75, 3.05) is 0 Å². The van der Waals surface area contributed by atoms with Gasteiger partial charge in [0.1, 0.15) is 0 Å². The van der Waals surface area contributed by atoms with Crippen LogP contribution >= 0.6 is 40.5 Å². The third-order valence-electron chi connectivity index (χ3n) is 7.58. The maximum absolute atomic E-state index is 4.93. The predicted molar refractivity (Wildman–Crippen MR) is 168 cm³/mol. The Balaban J connectivity index is 0.000000937. The first-order valence-electron chi connectivity index (χ1n) is 12.7. The van der Waals surface area contributed by atoms with Crippen LogP contribution in [0.2, 0.25) is 13.1 Å². The molecule has 0 spiro atoms. The normalized spacial score (nSPS) is 22.7. The van der Waals surface area contributed by atoms with E-state index < -0.39 is 28.9 Å². The summed E-state index contributed by atoms with van der Waals surface area (Å²) in [5, 5.41) is 3.03. The van der Waals surface area contributed by atoms with Gasteiger partial charge in [0, 0.05) is 11.8 Å². The Morgan fingerprint density at radius 1 is 0.605 bits per heavy atom. The average Bonchev–Trinajstić information content (AvgIpc) is 3.56. The molecule has 6 rings (SSSR count). The quantitative estimate of drug-likeness (QED) is 0.298. The van der Waals surface area contributed by atoms with Crippen LogP contribution in [-0.2, 0) is 20.8 Å². The molecule has 0 nitrogen and oxygen atoms in total. The standard InChI is InChI=1S/C32H30S2Si.2ClH.Zr/c1-19-17-25-27(23-13-9-7-10-14-23)21(3)33-29(25)31(19)35(5,6)32-20(2)18-26-28(22(4)34-30(26)32)24-15-11-8-12-16-24;;;/h7-18H,1-6H3;2*1H;/q;;;+4/p-2. The molecule has 2 heterocycles. The van der Waals surface area contributed by atoms with Crippen LogP contribution in [0.5, 0.6) is 0 Å². The van der Waals surface area contributed by atoms with Gasteiger partial charge < -0.3 is 0 Å². The van der Waals surface area contributed by atoms with E-state index in [-0.39, 0.29) is 0 Å². The number of fused-ring (bicyclic) bond motifs is 2. The van der Waals surface area contributed by atoms with Crippen molar-refractivity contribution in [1.29, 1.82) is 0 Å². The van der Waals surface area contributed by atoms with Crippen molar-refractivity contribution >= 4 is 59.8 Å². The third-order valence-corrected chi connectivity index (χ3v) is 14.0. The van der Waals surface area contributed by atoms with E-state index in [1.165, 1.54) is 66.3 Å². The SMILES string of the molecule is C[C]1[CH][C]2[C](SC(C)=C2c2ccccc2)[C]1[Si](C)(C)[C]1[C](C)[CH][C]2[C]1SC(C)=C2c1ccccc1.[Cl][Zr+2][Cl]. The van der Waals surface area contributed by atoms with Crippen molar-refractivity contribution in [1.82, 2.24) is 0 Å². The van der Waals surface area contributed by atoms with Crippen molar-refractivity contribution in [2.45, 2.75) is 40.8 Å². The molecule has 2 saturated carbocycles. The molecule has 10 radical (unpaired) electrons. The monoisotopic (exact) mass is 666 g/mol. The Labute approximate surface area is 258 Å². The molecule has 0 bridgehead atoms. The molecule has 4 aliphatic rings. The first kappa shape index (κ1) is 29.8. The Bertz CT molecular complexity index is 1110. The van der Waals surface area contributed by atoms with Gasteiger partial charge in [-0.3, -0.25) is 0 Å². The topological polar surface area (TPSA) is 0 Å². The van der Waals surface area contributed by atoms with Gasteiger partial charge in [0.25, 0.3) is 0 Å². The van der Waals surface area contributed by atoms with Crippen molar-refractivity contribution in [3.63, 3.8) is 0 Å². The number of hydrogen-bond donors (Lipinski definition) is 0. The van der Waals surface area contributed by atoms with Gasteiger partial charge in [0.15, 0.2) is 0 Å². The summed E-state index contributed by atoms with van der Waals surface area (Å²) < 4.78 is 0. The fourth-order valence-electron chi connectivity index (χ4n) is 6.31. The molecule has 0 saturated heterocycles. The van der Waals surface area contributed by atoms with Gasteiger partial charge in [-0.1, -0.05) is 87.6 Å². The minimum atomic E-state index is -1.97. The van der Waals surface area contributed by atoms with Crippen LogP contribution in [0.15, 0.2) is 70.5 Å². The van der Waals surface area contributed by atoms with E-state index in [2.05, 4.69) is 114 Å². The van der Waals surface area contributed by atoms with Crippen LogP contribution < -0.4 is 0 Å². The molecule has 0 amide bonds. The second kappa shape index (κ2) is 12.3. The summed E-state index contributed by atoms with van der Waals surface area (Å²) in [4.78, 5) is 2.85. The Morgan fingerprint density at radius 2 is 0.947 bits per heavy atom. The molecule has 2 aromatic rings. The van der Waals surface area contributed by atoms with Gasteiger partial charge in [-0.25, -0.2) is 0 Å². The summed E-state index contributed by atoms with van der Waals surface area (Å²) in [5.74, 6) is 5.81. The van der Waals surface area contributed by atoms with Crippen molar-refractivity contribution < 1.29 is 20.8 Å². The van der Waals surface area contributed by atoms with Gasteiger partial charge in [-0.2, -0.15) is 0 Å². The zero-order valence-electron chi connectivity index (χ0n) is 22.5. The zero-order valence-corrected chi connectivity index (χ0v) is 29.1. The molecular formula is C32H30Cl2S2SiZr+2. The van der Waals surface area contributed by atoms with Gasteiger partial charge >= 0.3 is 37.9 Å². The molecule has 0 atom stereocenters. The van der Waals surface area contributed by atoms with E-state index in [0.29, 0.717) is 0 Å². The number of halogens is 2. The minimum absolute atomic E-state index is 0.826. The summed E-state index contributed by atoms with van der Waals surface area (Å²) >= 11 is 3.17. The third kappa shape index (κ3) is 5.31. The van der Waals surface area contributed by atoms with Gasteiger partial charge in [0.05, 0.1) is 18.6 Å². The second-order valence-corrected chi connectivity index (χ2v) is 20.8. The van der Waals surface area contributed by atoms with Crippen LogP contribution in [0.1, 0.15) is 38.8 Å². The summed E-state index contributed by atoms with van der Waals surface area (Å²) in [6.45, 7) is 14.4. The number of hydrogen-bond acceptors (Lipinski definition) is 2. The molecule has 2 aromatic carbocycles. The number of rotatable bonds is 4. The molecule has 0 N–H and O–H groups in total. The van der Waals surface area contributed by atoms with E-state index in [1.54, 1.807) is 11.1 Å².